The molecule has 1 aromatic rings. The van der Waals surface area contributed by atoms with E-state index in [4.69, 9.17) is 4.99 Å². The van der Waals surface area contributed by atoms with E-state index in [1.54, 1.807) is 0 Å². The number of carbonyl (C=O) groups is 2. The van der Waals surface area contributed by atoms with Crippen molar-refractivity contribution in [2.45, 2.75) is 32.2 Å². The Kier molecular flexibility index (Phi) is 6.22. The summed E-state index contributed by atoms with van der Waals surface area (Å²) in [7, 11) is 0. The zero-order chi connectivity index (χ0) is 22.0. The molecule has 0 bridgehead atoms. The molecular formula is C24H26Cl2N6O2. The lowest BCUT2D eigenvalue weighted by atomic mass is 9.92. The van der Waals surface area contributed by atoms with Gasteiger partial charge in [-0.05, 0) is 31.1 Å². The van der Waals surface area contributed by atoms with Gasteiger partial charge in [-0.1, -0.05) is 30.3 Å². The third-order valence-corrected chi connectivity index (χ3v) is 6.69. The minimum Gasteiger partial charge on any atom is -0.369 e. The first-order chi connectivity index (χ1) is 15.5. The maximum atomic E-state index is 12.9. The van der Waals surface area contributed by atoms with Crippen molar-refractivity contribution in [3.05, 3.63) is 82.0 Å². The highest BCUT2D eigenvalue weighted by Gasteiger charge is 2.44. The average Bonchev–Trinajstić information content (AvgIpc) is 3.41. The van der Waals surface area contributed by atoms with Crippen LogP contribution >= 0.6 is 24.8 Å². The highest BCUT2D eigenvalue weighted by Crippen LogP contribution is 2.43. The van der Waals surface area contributed by atoms with Gasteiger partial charge in [0.15, 0.2) is 5.82 Å². The molecule has 6 rings (SSSR count). The van der Waals surface area contributed by atoms with Crippen LogP contribution in [0.1, 0.15) is 31.7 Å². The van der Waals surface area contributed by atoms with E-state index < -0.39 is 0 Å². The molecule has 3 N–H and O–H groups in total. The van der Waals surface area contributed by atoms with Gasteiger partial charge in [-0.25, -0.2) is 4.99 Å². The molecule has 1 aromatic carbocycles. The summed E-state index contributed by atoms with van der Waals surface area (Å²) in [5.41, 5.74) is 6.12. The van der Waals surface area contributed by atoms with Crippen LogP contribution in [0, 0.1) is 0 Å². The topological polar surface area (TPSA) is 89.1 Å². The molecule has 2 amide bonds. The summed E-state index contributed by atoms with van der Waals surface area (Å²) in [4.78, 5) is 33.4. The molecule has 34 heavy (non-hydrogen) atoms. The molecule has 2 atom stereocenters. The summed E-state index contributed by atoms with van der Waals surface area (Å²) < 4.78 is 0. The SMILES string of the molecule is CC1=CC(=C2CC(=O)N2)N2CC=NC2=C1N1C2=C(NCC2c2ccccc2)NC(=O)C1C.Cl.Cl. The van der Waals surface area contributed by atoms with Crippen molar-refractivity contribution in [1.29, 1.82) is 0 Å². The number of amides is 2. The van der Waals surface area contributed by atoms with E-state index in [0.29, 0.717) is 13.0 Å². The van der Waals surface area contributed by atoms with Crippen LogP contribution in [0.3, 0.4) is 0 Å². The summed E-state index contributed by atoms with van der Waals surface area (Å²) in [5, 5.41) is 9.37. The third-order valence-electron chi connectivity index (χ3n) is 6.69. The second-order valence-electron chi connectivity index (χ2n) is 8.65. The minimum atomic E-state index is -0.388. The first-order valence-electron chi connectivity index (χ1n) is 10.9. The molecular weight excluding hydrogens is 475 g/mol. The average molecular weight is 501 g/mol. The van der Waals surface area contributed by atoms with Crippen LogP contribution < -0.4 is 16.0 Å². The Hall–Kier alpha value is -3.23. The number of hydrogen-bond acceptors (Lipinski definition) is 6. The van der Waals surface area contributed by atoms with Gasteiger partial charge < -0.3 is 25.8 Å². The number of allylic oxidation sites excluding steroid dienone is 2. The molecule has 0 aliphatic carbocycles. The summed E-state index contributed by atoms with van der Waals surface area (Å²) in [6, 6.07) is 9.98. The van der Waals surface area contributed by atoms with Gasteiger partial charge in [-0.3, -0.25) is 9.59 Å². The number of rotatable bonds is 2. The fourth-order valence-electron chi connectivity index (χ4n) is 5.10. The van der Waals surface area contributed by atoms with Crippen LogP contribution in [0.15, 0.2) is 81.4 Å². The van der Waals surface area contributed by atoms with Crippen molar-refractivity contribution in [2.24, 2.45) is 4.99 Å². The van der Waals surface area contributed by atoms with Crippen LogP contribution in [0.25, 0.3) is 0 Å². The predicted octanol–water partition coefficient (Wildman–Crippen LogP) is 2.45. The van der Waals surface area contributed by atoms with Gasteiger partial charge in [0.05, 0.1) is 35.8 Å². The maximum Gasteiger partial charge on any atom is 0.248 e. The first-order valence-corrected chi connectivity index (χ1v) is 10.9. The number of aliphatic imine (C=N–C) groups is 1. The largest absolute Gasteiger partial charge is 0.369 e. The second kappa shape index (κ2) is 8.85. The van der Waals surface area contributed by atoms with E-state index in [1.807, 2.05) is 38.3 Å². The molecule has 1 saturated heterocycles. The molecule has 0 spiro atoms. The normalized spacial score (nSPS) is 27.1. The van der Waals surface area contributed by atoms with E-state index in [-0.39, 0.29) is 48.6 Å². The van der Waals surface area contributed by atoms with Crippen molar-refractivity contribution in [3.8, 4) is 0 Å². The number of nitrogens with zero attached hydrogens (tertiary/aromatic N) is 3. The lowest BCUT2D eigenvalue weighted by Gasteiger charge is -2.42. The number of hydrogen-bond donors (Lipinski definition) is 3. The molecule has 178 valence electrons. The fourth-order valence-corrected chi connectivity index (χ4v) is 5.10. The van der Waals surface area contributed by atoms with Crippen LogP contribution in [0.4, 0.5) is 0 Å². The van der Waals surface area contributed by atoms with E-state index in [0.717, 1.165) is 46.5 Å². The molecule has 10 heteroatoms. The van der Waals surface area contributed by atoms with Gasteiger partial charge in [-0.2, -0.15) is 0 Å². The van der Waals surface area contributed by atoms with E-state index in [2.05, 4.69) is 44.0 Å². The molecule has 0 aromatic heterocycles. The predicted molar refractivity (Wildman–Crippen MR) is 134 cm³/mol. The summed E-state index contributed by atoms with van der Waals surface area (Å²) >= 11 is 0. The summed E-state index contributed by atoms with van der Waals surface area (Å²) in [6.07, 6.45) is 4.39. The lowest BCUT2D eigenvalue weighted by Crippen LogP contribution is -2.51. The van der Waals surface area contributed by atoms with E-state index in [9.17, 15) is 9.59 Å². The third kappa shape index (κ3) is 3.49. The number of nitrogens with one attached hydrogen (secondary N) is 3. The van der Waals surface area contributed by atoms with Crippen molar-refractivity contribution < 1.29 is 9.59 Å². The fraction of sp³-hybridized carbons (Fsp3) is 0.292. The number of carbonyl (C=O) groups excluding carboxylic acids is 2. The van der Waals surface area contributed by atoms with Gasteiger partial charge in [0.1, 0.15) is 11.9 Å². The standard InChI is InChI=1S/C24H24N6O2.2ClH/c1-13-10-18(17-11-19(31)27-17)29-9-8-25-23(29)20(13)30-14(2)24(32)28-22-21(30)16(12-26-22)15-6-4-3-5-7-15;;/h3-8,10,14,16,26H,9,11-12H2,1-2H3,(H,27,31)(H,28,32);2*1H. The van der Waals surface area contributed by atoms with E-state index >= 15 is 0 Å². The molecule has 0 radical (unpaired) electrons. The Labute approximate surface area is 210 Å². The maximum absolute atomic E-state index is 12.9. The van der Waals surface area contributed by atoms with Gasteiger partial charge in [-0.15, -0.1) is 24.8 Å². The number of halogens is 2. The molecule has 1 fully saturated rings. The van der Waals surface area contributed by atoms with Crippen LogP contribution in [0.5, 0.6) is 0 Å². The zero-order valence-electron chi connectivity index (χ0n) is 18.8. The highest BCUT2D eigenvalue weighted by atomic mass is 35.5. The van der Waals surface area contributed by atoms with Crippen molar-refractivity contribution in [3.63, 3.8) is 0 Å². The molecule has 5 heterocycles. The Morgan fingerprint density at radius 2 is 1.82 bits per heavy atom. The van der Waals surface area contributed by atoms with Gasteiger partial charge in [0.25, 0.3) is 0 Å². The Morgan fingerprint density at radius 3 is 2.53 bits per heavy atom. The Balaban J connectivity index is 0.00000137. The monoisotopic (exact) mass is 500 g/mol. The zero-order valence-corrected chi connectivity index (χ0v) is 20.4. The van der Waals surface area contributed by atoms with Gasteiger partial charge >= 0.3 is 0 Å². The van der Waals surface area contributed by atoms with Crippen LogP contribution in [-0.4, -0.2) is 47.0 Å². The van der Waals surface area contributed by atoms with Gasteiger partial charge in [0.2, 0.25) is 11.8 Å². The number of fused-ring (bicyclic) bond motifs is 1. The number of benzene rings is 1. The molecule has 0 saturated carbocycles. The summed E-state index contributed by atoms with van der Waals surface area (Å²) in [5.74, 6) is 1.69. The quantitative estimate of drug-likeness (QED) is 0.542. The highest BCUT2D eigenvalue weighted by molar-refractivity contribution is 5.89. The van der Waals surface area contributed by atoms with E-state index in [1.165, 1.54) is 5.56 Å². The van der Waals surface area contributed by atoms with Crippen LogP contribution in [0.2, 0.25) is 0 Å². The molecule has 5 aliphatic rings. The first kappa shape index (κ1) is 23.9. The Bertz CT molecular complexity index is 1210. The second-order valence-corrected chi connectivity index (χ2v) is 8.65. The lowest BCUT2D eigenvalue weighted by molar-refractivity contribution is -0.125. The van der Waals surface area contributed by atoms with Gasteiger partial charge in [0, 0.05) is 18.7 Å². The Morgan fingerprint density at radius 1 is 1.09 bits per heavy atom. The minimum absolute atomic E-state index is 0. The summed E-state index contributed by atoms with van der Waals surface area (Å²) in [6.45, 7) is 5.34. The van der Waals surface area contributed by atoms with Crippen LogP contribution in [-0.2, 0) is 9.59 Å². The van der Waals surface area contributed by atoms with Crippen molar-refractivity contribution >= 4 is 42.8 Å². The molecule has 2 unspecified atom stereocenters. The van der Waals surface area contributed by atoms with Crippen molar-refractivity contribution in [2.75, 3.05) is 13.1 Å². The smallest absolute Gasteiger partial charge is 0.248 e. The molecule has 5 aliphatic heterocycles. The molecule has 8 nitrogen and oxygen atoms in total. The number of β-lactam (4-membered cyclic amide) rings is 1. The van der Waals surface area contributed by atoms with Crippen molar-refractivity contribution in [1.82, 2.24) is 25.8 Å².